The number of carbonyl (C=O) groups excluding carboxylic acids is 4. The Morgan fingerprint density at radius 1 is 0.967 bits per heavy atom. The van der Waals surface area contributed by atoms with Crippen LogP contribution in [0.25, 0.3) is 0 Å². The zero-order valence-corrected chi connectivity index (χ0v) is 18.1. The fourth-order valence-electron chi connectivity index (χ4n) is 3.99. The summed E-state index contributed by atoms with van der Waals surface area (Å²) in [5, 5.41) is 0. The molecule has 4 amide bonds. The van der Waals surface area contributed by atoms with E-state index in [0.29, 0.717) is 55.8 Å². The summed E-state index contributed by atoms with van der Waals surface area (Å²) in [5.41, 5.74) is 1.07. The number of unbranched alkanes of at least 4 members (excludes halogenated alkanes) is 1. The van der Waals surface area contributed by atoms with Crippen molar-refractivity contribution in [2.45, 2.75) is 46.5 Å². The van der Waals surface area contributed by atoms with Crippen LogP contribution in [0.2, 0.25) is 0 Å². The van der Waals surface area contributed by atoms with Crippen LogP contribution in [0.1, 0.15) is 77.5 Å². The maximum atomic E-state index is 13.1. The van der Waals surface area contributed by atoms with E-state index in [2.05, 4.69) is 6.92 Å². The third kappa shape index (κ3) is 4.55. The lowest BCUT2D eigenvalue weighted by Crippen LogP contribution is -2.37. The van der Waals surface area contributed by atoms with Crippen molar-refractivity contribution in [3.8, 4) is 0 Å². The molecular weight excluding hydrogens is 382 g/mol. The molecule has 3 rings (SSSR count). The maximum Gasteiger partial charge on any atom is 0.261 e. The van der Waals surface area contributed by atoms with Crippen LogP contribution in [0.5, 0.6) is 0 Å². The number of nitrogens with zero attached hydrogens (tertiary/aromatic N) is 3. The second-order valence-electron chi connectivity index (χ2n) is 8.51. The topological polar surface area (TPSA) is 78.0 Å². The molecule has 0 aliphatic carbocycles. The molecule has 1 aromatic carbocycles. The van der Waals surface area contributed by atoms with E-state index in [1.165, 1.54) is 4.90 Å². The molecule has 0 atom stereocenters. The van der Waals surface area contributed by atoms with Crippen LogP contribution in [-0.2, 0) is 4.79 Å². The van der Waals surface area contributed by atoms with Gasteiger partial charge < -0.3 is 9.80 Å². The maximum absolute atomic E-state index is 13.1. The Kier molecular flexibility index (Phi) is 6.90. The van der Waals surface area contributed by atoms with Gasteiger partial charge in [0.15, 0.2) is 0 Å². The van der Waals surface area contributed by atoms with Gasteiger partial charge in [0.1, 0.15) is 0 Å². The molecule has 1 fully saturated rings. The van der Waals surface area contributed by atoms with E-state index < -0.39 is 0 Å². The first-order valence-corrected chi connectivity index (χ1v) is 10.9. The third-order valence-corrected chi connectivity index (χ3v) is 5.65. The van der Waals surface area contributed by atoms with Crippen LogP contribution in [0.3, 0.4) is 0 Å². The number of hydrogen-bond donors (Lipinski definition) is 0. The van der Waals surface area contributed by atoms with Gasteiger partial charge in [0.05, 0.1) is 11.1 Å². The number of imide groups is 1. The summed E-state index contributed by atoms with van der Waals surface area (Å²) in [7, 11) is 0. The zero-order chi connectivity index (χ0) is 21.8. The van der Waals surface area contributed by atoms with E-state index in [1.807, 2.05) is 18.7 Å². The summed E-state index contributed by atoms with van der Waals surface area (Å²) in [6.45, 7) is 8.56. The van der Waals surface area contributed by atoms with Gasteiger partial charge in [-0.05, 0) is 37.0 Å². The molecule has 7 heteroatoms. The quantitative estimate of drug-likeness (QED) is 0.672. The number of rotatable bonds is 6. The van der Waals surface area contributed by atoms with Gasteiger partial charge in [-0.25, -0.2) is 0 Å². The molecule has 1 saturated heterocycles. The van der Waals surface area contributed by atoms with E-state index in [1.54, 1.807) is 23.1 Å². The number of hydrogen-bond acceptors (Lipinski definition) is 4. The van der Waals surface area contributed by atoms with Gasteiger partial charge in [-0.15, -0.1) is 0 Å². The molecular formula is C23H31N3O4. The van der Waals surface area contributed by atoms with Crippen LogP contribution in [-0.4, -0.2) is 71.1 Å². The van der Waals surface area contributed by atoms with Gasteiger partial charge in [0, 0.05) is 44.7 Å². The minimum atomic E-state index is -0.332. The lowest BCUT2D eigenvalue weighted by atomic mass is 10.0. The summed E-state index contributed by atoms with van der Waals surface area (Å²) in [6, 6.07) is 4.76. The molecule has 0 radical (unpaired) electrons. The summed E-state index contributed by atoms with van der Waals surface area (Å²) in [4.78, 5) is 55.4. The minimum Gasteiger partial charge on any atom is -0.341 e. The summed E-state index contributed by atoms with van der Waals surface area (Å²) in [6.07, 6.45) is 3.15. The molecule has 0 spiro atoms. The van der Waals surface area contributed by atoms with E-state index in [-0.39, 0.29) is 29.5 Å². The molecule has 1 aromatic rings. The van der Waals surface area contributed by atoms with Gasteiger partial charge in [0.2, 0.25) is 5.91 Å². The van der Waals surface area contributed by atoms with Crippen molar-refractivity contribution in [3.05, 3.63) is 34.9 Å². The number of benzene rings is 1. The predicted molar refractivity (Wildman–Crippen MR) is 113 cm³/mol. The largest absolute Gasteiger partial charge is 0.341 e. The van der Waals surface area contributed by atoms with Crippen LogP contribution in [0.15, 0.2) is 18.2 Å². The molecule has 30 heavy (non-hydrogen) atoms. The second kappa shape index (κ2) is 9.41. The Bertz CT molecular complexity index is 849. The average molecular weight is 414 g/mol. The fraction of sp³-hybridized carbons (Fsp3) is 0.565. The highest BCUT2D eigenvalue weighted by Crippen LogP contribution is 2.25. The minimum absolute atomic E-state index is 0.151. The molecule has 162 valence electrons. The van der Waals surface area contributed by atoms with Crippen molar-refractivity contribution in [2.24, 2.45) is 5.92 Å². The highest BCUT2D eigenvalue weighted by atomic mass is 16.2. The summed E-state index contributed by atoms with van der Waals surface area (Å²) < 4.78 is 0. The van der Waals surface area contributed by atoms with Crippen molar-refractivity contribution in [3.63, 3.8) is 0 Å². The highest BCUT2D eigenvalue weighted by Gasteiger charge is 2.36. The van der Waals surface area contributed by atoms with Crippen LogP contribution in [0.4, 0.5) is 0 Å². The summed E-state index contributed by atoms with van der Waals surface area (Å²) in [5.74, 6) is -0.463. The first kappa shape index (κ1) is 22.0. The van der Waals surface area contributed by atoms with Gasteiger partial charge >= 0.3 is 0 Å². The molecule has 0 bridgehead atoms. The lowest BCUT2D eigenvalue weighted by Gasteiger charge is -2.22. The normalized spacial score (nSPS) is 16.9. The Morgan fingerprint density at radius 3 is 2.33 bits per heavy atom. The van der Waals surface area contributed by atoms with Crippen molar-refractivity contribution >= 4 is 23.6 Å². The molecule has 0 aromatic heterocycles. The van der Waals surface area contributed by atoms with E-state index >= 15 is 0 Å². The predicted octanol–water partition coefficient (Wildman–Crippen LogP) is 2.80. The fourth-order valence-corrected chi connectivity index (χ4v) is 3.99. The molecule has 0 unspecified atom stereocenters. The summed E-state index contributed by atoms with van der Waals surface area (Å²) >= 11 is 0. The van der Waals surface area contributed by atoms with Gasteiger partial charge in [0.25, 0.3) is 17.7 Å². The average Bonchev–Trinajstić information content (AvgIpc) is 2.90. The first-order chi connectivity index (χ1) is 14.3. The molecule has 2 heterocycles. The van der Waals surface area contributed by atoms with Crippen molar-refractivity contribution in [1.82, 2.24) is 14.7 Å². The van der Waals surface area contributed by atoms with Gasteiger partial charge in [-0.2, -0.15) is 0 Å². The molecule has 2 aliphatic heterocycles. The van der Waals surface area contributed by atoms with Crippen molar-refractivity contribution in [1.29, 1.82) is 0 Å². The lowest BCUT2D eigenvalue weighted by molar-refractivity contribution is -0.131. The Balaban J connectivity index is 1.70. The SMILES string of the molecule is CCCCC(=O)N1CCCN(C(=O)c2ccc3c(c2)C(=O)N(CC(C)C)C3=O)CC1. The molecule has 0 saturated carbocycles. The second-order valence-corrected chi connectivity index (χ2v) is 8.51. The Morgan fingerprint density at radius 2 is 1.63 bits per heavy atom. The zero-order valence-electron chi connectivity index (χ0n) is 18.1. The number of amides is 4. The highest BCUT2D eigenvalue weighted by molar-refractivity contribution is 6.22. The Labute approximate surface area is 178 Å². The van der Waals surface area contributed by atoms with E-state index in [4.69, 9.17) is 0 Å². The monoisotopic (exact) mass is 413 g/mol. The number of fused-ring (bicyclic) bond motifs is 1. The smallest absolute Gasteiger partial charge is 0.261 e. The third-order valence-electron chi connectivity index (χ3n) is 5.65. The van der Waals surface area contributed by atoms with Crippen LogP contribution in [0, 0.1) is 5.92 Å². The van der Waals surface area contributed by atoms with E-state index in [0.717, 1.165) is 19.3 Å². The standard InChI is InChI=1S/C23H31N3O4/c1-4-5-7-20(27)24-10-6-11-25(13-12-24)21(28)17-8-9-18-19(14-17)23(30)26(22(18)29)15-16(2)3/h8-9,14,16H,4-7,10-13,15H2,1-3H3. The van der Waals surface area contributed by atoms with Gasteiger partial charge in [-0.1, -0.05) is 27.2 Å². The van der Waals surface area contributed by atoms with Crippen LogP contribution < -0.4 is 0 Å². The van der Waals surface area contributed by atoms with Crippen molar-refractivity contribution in [2.75, 3.05) is 32.7 Å². The molecule has 7 nitrogen and oxygen atoms in total. The molecule has 2 aliphatic rings. The van der Waals surface area contributed by atoms with Gasteiger partial charge in [-0.3, -0.25) is 24.1 Å². The van der Waals surface area contributed by atoms with Crippen molar-refractivity contribution < 1.29 is 19.2 Å². The Hall–Kier alpha value is -2.70. The van der Waals surface area contributed by atoms with E-state index in [9.17, 15) is 19.2 Å². The number of carbonyl (C=O) groups is 4. The molecule has 0 N–H and O–H groups in total. The van der Waals surface area contributed by atoms with Crippen LogP contribution >= 0.6 is 0 Å². The first-order valence-electron chi connectivity index (χ1n) is 10.9.